The number of thioether (sulfide) groups is 1. The van der Waals surface area contributed by atoms with Crippen LogP contribution in [0.15, 0.2) is 33.6 Å². The van der Waals surface area contributed by atoms with E-state index in [1.807, 2.05) is 11.8 Å². The summed E-state index contributed by atoms with van der Waals surface area (Å²) < 4.78 is 1.47. The molecule has 1 aromatic rings. The molecule has 0 unspecified atom stereocenters. The van der Waals surface area contributed by atoms with Gasteiger partial charge in [-0.1, -0.05) is 28.8 Å². The van der Waals surface area contributed by atoms with E-state index >= 15 is 0 Å². The zero-order valence-electron chi connectivity index (χ0n) is 10.6. The highest BCUT2D eigenvalue weighted by Crippen LogP contribution is 2.63. The lowest BCUT2D eigenvalue weighted by atomic mass is 9.60. The van der Waals surface area contributed by atoms with Gasteiger partial charge < -0.3 is 5.73 Å². The topological polar surface area (TPSA) is 26.0 Å². The van der Waals surface area contributed by atoms with Crippen molar-refractivity contribution in [2.75, 3.05) is 6.54 Å². The largest absolute Gasteiger partial charge is 0.329 e. The molecular weight excluding hydrogens is 306 g/mol. The van der Waals surface area contributed by atoms with Crippen molar-refractivity contribution in [3.05, 3.63) is 28.7 Å². The highest BCUT2D eigenvalue weighted by molar-refractivity contribution is 9.10. The molecule has 0 saturated heterocycles. The SMILES string of the molecule is NCC1(Sc2ccc(Br)cc2)CC2(CCCC2)C1. The Morgan fingerprint density at radius 3 is 2.28 bits per heavy atom. The number of benzene rings is 1. The molecule has 18 heavy (non-hydrogen) atoms. The van der Waals surface area contributed by atoms with Crippen LogP contribution < -0.4 is 5.73 Å². The summed E-state index contributed by atoms with van der Waals surface area (Å²) in [6.45, 7) is 0.815. The summed E-state index contributed by atoms with van der Waals surface area (Å²) in [5, 5.41) is 0. The fraction of sp³-hybridized carbons (Fsp3) is 0.600. The molecule has 0 atom stereocenters. The summed E-state index contributed by atoms with van der Waals surface area (Å²) in [4.78, 5) is 1.36. The third kappa shape index (κ3) is 2.37. The van der Waals surface area contributed by atoms with Crippen molar-refractivity contribution in [3.63, 3.8) is 0 Å². The molecule has 0 heterocycles. The van der Waals surface area contributed by atoms with Gasteiger partial charge in [-0.3, -0.25) is 0 Å². The Morgan fingerprint density at radius 2 is 1.72 bits per heavy atom. The minimum absolute atomic E-state index is 0.318. The van der Waals surface area contributed by atoms with Gasteiger partial charge in [0, 0.05) is 20.7 Å². The predicted molar refractivity (Wildman–Crippen MR) is 81.9 cm³/mol. The van der Waals surface area contributed by atoms with Crippen LogP contribution in [-0.2, 0) is 0 Å². The summed E-state index contributed by atoms with van der Waals surface area (Å²) in [5.41, 5.74) is 6.74. The van der Waals surface area contributed by atoms with E-state index in [1.54, 1.807) is 0 Å². The average molecular weight is 326 g/mol. The molecule has 2 N–H and O–H groups in total. The maximum Gasteiger partial charge on any atom is 0.0339 e. The van der Waals surface area contributed by atoms with Crippen LogP contribution in [0.3, 0.4) is 0 Å². The lowest BCUT2D eigenvalue weighted by Gasteiger charge is -2.54. The van der Waals surface area contributed by atoms with E-state index in [4.69, 9.17) is 5.73 Å². The molecule has 1 nitrogen and oxygen atoms in total. The van der Waals surface area contributed by atoms with Gasteiger partial charge in [0.25, 0.3) is 0 Å². The Morgan fingerprint density at radius 1 is 1.11 bits per heavy atom. The van der Waals surface area contributed by atoms with Gasteiger partial charge in [0.05, 0.1) is 0 Å². The summed E-state index contributed by atoms with van der Waals surface area (Å²) in [5.74, 6) is 0. The standard InChI is InChI=1S/C15H20BrNS/c16-12-3-5-13(6-4-12)18-15(11-17)9-14(10-15)7-1-2-8-14/h3-6H,1-2,7-11,17H2. The van der Waals surface area contributed by atoms with Gasteiger partial charge in [0.1, 0.15) is 0 Å². The molecule has 2 fully saturated rings. The van der Waals surface area contributed by atoms with E-state index < -0.39 is 0 Å². The number of nitrogens with two attached hydrogens (primary N) is 1. The van der Waals surface area contributed by atoms with Crippen LogP contribution >= 0.6 is 27.7 Å². The molecular formula is C15H20BrNS. The molecule has 2 saturated carbocycles. The van der Waals surface area contributed by atoms with E-state index in [2.05, 4.69) is 40.2 Å². The number of rotatable bonds is 3. The van der Waals surface area contributed by atoms with E-state index in [-0.39, 0.29) is 0 Å². The molecule has 0 amide bonds. The van der Waals surface area contributed by atoms with Crippen molar-refractivity contribution in [3.8, 4) is 0 Å². The fourth-order valence-electron chi connectivity index (χ4n) is 3.80. The van der Waals surface area contributed by atoms with Gasteiger partial charge >= 0.3 is 0 Å². The summed E-state index contributed by atoms with van der Waals surface area (Å²) >= 11 is 5.49. The van der Waals surface area contributed by atoms with Gasteiger partial charge in [-0.2, -0.15) is 0 Å². The second kappa shape index (κ2) is 4.84. The maximum absolute atomic E-state index is 6.07. The molecule has 98 valence electrons. The molecule has 3 rings (SSSR count). The Balaban J connectivity index is 1.69. The maximum atomic E-state index is 6.07. The Kier molecular flexibility index (Phi) is 3.50. The van der Waals surface area contributed by atoms with Gasteiger partial charge in [0.2, 0.25) is 0 Å². The smallest absolute Gasteiger partial charge is 0.0339 e. The number of hydrogen-bond donors (Lipinski definition) is 1. The van der Waals surface area contributed by atoms with E-state index in [0.29, 0.717) is 10.2 Å². The molecule has 1 aromatic carbocycles. The molecule has 0 aliphatic heterocycles. The summed E-state index contributed by atoms with van der Waals surface area (Å²) in [6.07, 6.45) is 8.41. The molecule has 0 aromatic heterocycles. The summed E-state index contributed by atoms with van der Waals surface area (Å²) in [6, 6.07) is 8.64. The minimum Gasteiger partial charge on any atom is -0.329 e. The second-order valence-corrected chi connectivity index (χ2v) is 8.46. The number of hydrogen-bond acceptors (Lipinski definition) is 2. The molecule has 3 heteroatoms. The molecule has 0 radical (unpaired) electrons. The Labute approximate surface area is 122 Å². The fourth-order valence-corrected chi connectivity index (χ4v) is 5.68. The first-order chi connectivity index (χ1) is 8.65. The van der Waals surface area contributed by atoms with E-state index in [9.17, 15) is 0 Å². The average Bonchev–Trinajstić information content (AvgIpc) is 2.80. The van der Waals surface area contributed by atoms with Gasteiger partial charge in [-0.25, -0.2) is 0 Å². The van der Waals surface area contributed by atoms with Crippen LogP contribution in [0.2, 0.25) is 0 Å². The Hall–Kier alpha value is 0.01000. The van der Waals surface area contributed by atoms with Crippen LogP contribution in [-0.4, -0.2) is 11.3 Å². The zero-order chi connectivity index (χ0) is 12.6. The van der Waals surface area contributed by atoms with Crippen LogP contribution in [0.5, 0.6) is 0 Å². The zero-order valence-corrected chi connectivity index (χ0v) is 13.0. The van der Waals surface area contributed by atoms with Crippen molar-refractivity contribution in [1.82, 2.24) is 0 Å². The molecule has 2 aliphatic rings. The quantitative estimate of drug-likeness (QED) is 0.879. The van der Waals surface area contributed by atoms with Crippen molar-refractivity contribution in [1.29, 1.82) is 0 Å². The molecule has 2 aliphatic carbocycles. The number of halogens is 1. The third-order valence-corrected chi connectivity index (χ3v) is 6.50. The highest BCUT2D eigenvalue weighted by atomic mass is 79.9. The van der Waals surface area contributed by atoms with Gasteiger partial charge in [-0.05, 0) is 55.4 Å². The van der Waals surface area contributed by atoms with Crippen molar-refractivity contribution in [2.24, 2.45) is 11.1 Å². The lowest BCUT2D eigenvalue weighted by Crippen LogP contribution is -2.52. The first-order valence-corrected chi connectivity index (χ1v) is 8.41. The minimum atomic E-state index is 0.318. The molecule has 1 spiro atoms. The van der Waals surface area contributed by atoms with Crippen LogP contribution in [0.1, 0.15) is 38.5 Å². The van der Waals surface area contributed by atoms with Gasteiger partial charge in [-0.15, -0.1) is 11.8 Å². The Bertz CT molecular complexity index is 415. The normalized spacial score (nSPS) is 24.1. The van der Waals surface area contributed by atoms with E-state index in [0.717, 1.165) is 11.0 Å². The van der Waals surface area contributed by atoms with Crippen LogP contribution in [0, 0.1) is 5.41 Å². The van der Waals surface area contributed by atoms with Crippen molar-refractivity contribution < 1.29 is 0 Å². The lowest BCUT2D eigenvalue weighted by molar-refractivity contribution is 0.0935. The third-order valence-electron chi connectivity index (χ3n) is 4.58. The summed E-state index contributed by atoms with van der Waals surface area (Å²) in [7, 11) is 0. The predicted octanol–water partition coefficient (Wildman–Crippen LogP) is 4.59. The molecule has 0 bridgehead atoms. The van der Waals surface area contributed by atoms with Gasteiger partial charge in [0.15, 0.2) is 0 Å². The first kappa shape index (κ1) is 13.0. The monoisotopic (exact) mass is 325 g/mol. The highest BCUT2D eigenvalue weighted by Gasteiger charge is 2.54. The van der Waals surface area contributed by atoms with Crippen molar-refractivity contribution >= 4 is 27.7 Å². The van der Waals surface area contributed by atoms with Crippen molar-refractivity contribution in [2.45, 2.75) is 48.2 Å². The van der Waals surface area contributed by atoms with Crippen LogP contribution in [0.25, 0.3) is 0 Å². The van der Waals surface area contributed by atoms with E-state index in [1.165, 1.54) is 43.4 Å². The second-order valence-electron chi connectivity index (χ2n) is 6.00. The first-order valence-electron chi connectivity index (χ1n) is 6.80. The van der Waals surface area contributed by atoms with Crippen LogP contribution in [0.4, 0.5) is 0 Å².